The number of rotatable bonds is 5. The Hall–Kier alpha value is 0.0700. The van der Waals surface area contributed by atoms with E-state index in [-0.39, 0.29) is 6.04 Å². The third-order valence-corrected chi connectivity index (χ3v) is 5.44. The summed E-state index contributed by atoms with van der Waals surface area (Å²) < 4.78 is 17.3. The van der Waals surface area contributed by atoms with Crippen LogP contribution in [0.15, 0.2) is 0 Å². The second-order valence-electron chi connectivity index (χ2n) is 5.21. The van der Waals surface area contributed by atoms with E-state index in [1.54, 1.807) is 0 Å². The summed E-state index contributed by atoms with van der Waals surface area (Å²) in [5, 5.41) is 0. The van der Waals surface area contributed by atoms with Gasteiger partial charge in [-0.05, 0) is 25.2 Å². The summed E-state index contributed by atoms with van der Waals surface area (Å²) in [7, 11) is -0.717. The lowest BCUT2D eigenvalue weighted by molar-refractivity contribution is 0.182. The highest BCUT2D eigenvalue weighted by Crippen LogP contribution is 2.25. The molecule has 0 spiro atoms. The molecular weight excluding hydrogens is 222 g/mol. The van der Waals surface area contributed by atoms with E-state index in [4.69, 9.17) is 10.5 Å². The zero-order valence-corrected chi connectivity index (χ0v) is 10.7. The fourth-order valence-electron chi connectivity index (χ4n) is 2.75. The van der Waals surface area contributed by atoms with Crippen LogP contribution in [-0.2, 0) is 15.5 Å². The highest BCUT2D eigenvalue weighted by Gasteiger charge is 2.25. The van der Waals surface area contributed by atoms with Crippen molar-refractivity contribution < 1.29 is 8.95 Å². The average Bonchev–Trinajstić information content (AvgIpc) is 2.88. The molecule has 1 heterocycles. The minimum atomic E-state index is -0.717. The van der Waals surface area contributed by atoms with Gasteiger partial charge in [-0.1, -0.05) is 12.8 Å². The Labute approximate surface area is 101 Å². The summed E-state index contributed by atoms with van der Waals surface area (Å²) in [5.74, 6) is 2.69. The summed E-state index contributed by atoms with van der Waals surface area (Å²) in [6.45, 7) is 1.59. The highest BCUT2D eigenvalue weighted by atomic mass is 32.2. The quantitative estimate of drug-likeness (QED) is 0.794. The van der Waals surface area contributed by atoms with Crippen LogP contribution in [0.2, 0.25) is 0 Å². The Morgan fingerprint density at radius 1 is 1.31 bits per heavy atom. The molecule has 4 heteroatoms. The summed E-state index contributed by atoms with van der Waals surface area (Å²) in [6.07, 6.45) is 6.23. The van der Waals surface area contributed by atoms with Crippen LogP contribution < -0.4 is 5.73 Å². The van der Waals surface area contributed by atoms with Crippen molar-refractivity contribution in [2.45, 2.75) is 38.1 Å². The smallest absolute Gasteiger partial charge is 0.0510 e. The number of nitrogens with two attached hydrogens (primary N) is 1. The molecule has 2 rings (SSSR count). The van der Waals surface area contributed by atoms with Gasteiger partial charge in [-0.15, -0.1) is 0 Å². The average molecular weight is 245 g/mol. The molecule has 2 aliphatic rings. The maximum absolute atomic E-state index is 12.0. The van der Waals surface area contributed by atoms with E-state index in [0.717, 1.165) is 25.4 Å². The van der Waals surface area contributed by atoms with Gasteiger partial charge in [0.05, 0.1) is 6.61 Å². The molecule has 0 bridgehead atoms. The highest BCUT2D eigenvalue weighted by molar-refractivity contribution is 7.85. The monoisotopic (exact) mass is 245 g/mol. The first-order valence-corrected chi connectivity index (χ1v) is 7.93. The summed E-state index contributed by atoms with van der Waals surface area (Å²) >= 11 is 0. The first kappa shape index (κ1) is 12.5. The van der Waals surface area contributed by atoms with Gasteiger partial charge in [-0.25, -0.2) is 0 Å². The third-order valence-electron chi connectivity index (χ3n) is 3.85. The Kier molecular flexibility index (Phi) is 4.79. The first-order chi connectivity index (χ1) is 7.75. The molecule has 1 saturated carbocycles. The summed E-state index contributed by atoms with van der Waals surface area (Å²) in [6, 6.07) is 0.0738. The summed E-state index contributed by atoms with van der Waals surface area (Å²) in [4.78, 5) is 0. The van der Waals surface area contributed by atoms with Gasteiger partial charge in [0.15, 0.2) is 0 Å². The van der Waals surface area contributed by atoms with Crippen LogP contribution in [-0.4, -0.2) is 35.0 Å². The topological polar surface area (TPSA) is 52.3 Å². The molecule has 0 aromatic carbocycles. The normalized spacial score (nSPS) is 30.7. The van der Waals surface area contributed by atoms with Crippen LogP contribution in [0.1, 0.15) is 32.1 Å². The van der Waals surface area contributed by atoms with Gasteiger partial charge >= 0.3 is 0 Å². The van der Waals surface area contributed by atoms with E-state index in [1.165, 1.54) is 25.7 Å². The van der Waals surface area contributed by atoms with Gasteiger partial charge in [0.2, 0.25) is 0 Å². The van der Waals surface area contributed by atoms with Crippen molar-refractivity contribution in [3.05, 3.63) is 0 Å². The molecule has 0 amide bonds. The SMILES string of the molecule is NC(CS(=O)CC1CCCC1)C1CCOC1. The van der Waals surface area contributed by atoms with Gasteiger partial charge in [-0.2, -0.15) is 0 Å². The third kappa shape index (κ3) is 3.54. The van der Waals surface area contributed by atoms with Crippen molar-refractivity contribution >= 4 is 10.8 Å². The van der Waals surface area contributed by atoms with Crippen LogP contribution in [0.25, 0.3) is 0 Å². The fourth-order valence-corrected chi connectivity index (χ4v) is 4.45. The lowest BCUT2D eigenvalue weighted by Crippen LogP contribution is -2.36. The van der Waals surface area contributed by atoms with E-state index in [9.17, 15) is 4.21 Å². The molecule has 0 aromatic rings. The van der Waals surface area contributed by atoms with Crippen molar-refractivity contribution in [1.29, 1.82) is 0 Å². The van der Waals surface area contributed by atoms with Crippen LogP contribution in [0, 0.1) is 11.8 Å². The molecule has 0 aromatic heterocycles. The molecule has 2 N–H and O–H groups in total. The Bertz CT molecular complexity index is 235. The Balaban J connectivity index is 1.68. The molecule has 3 atom stereocenters. The second kappa shape index (κ2) is 6.12. The molecule has 2 fully saturated rings. The lowest BCUT2D eigenvalue weighted by Gasteiger charge is -2.18. The summed E-state index contributed by atoms with van der Waals surface area (Å²) in [5.41, 5.74) is 6.08. The zero-order chi connectivity index (χ0) is 11.4. The minimum absolute atomic E-state index is 0.0738. The maximum Gasteiger partial charge on any atom is 0.0510 e. The van der Waals surface area contributed by atoms with Crippen molar-refractivity contribution in [2.75, 3.05) is 24.7 Å². The van der Waals surface area contributed by atoms with Gasteiger partial charge in [-0.3, -0.25) is 4.21 Å². The Morgan fingerprint density at radius 3 is 2.69 bits per heavy atom. The predicted octanol–water partition coefficient (Wildman–Crippen LogP) is 1.29. The van der Waals surface area contributed by atoms with Crippen molar-refractivity contribution in [2.24, 2.45) is 17.6 Å². The molecule has 16 heavy (non-hydrogen) atoms. The minimum Gasteiger partial charge on any atom is -0.381 e. The maximum atomic E-state index is 12.0. The zero-order valence-electron chi connectivity index (χ0n) is 9.90. The Morgan fingerprint density at radius 2 is 2.06 bits per heavy atom. The molecule has 3 unspecified atom stereocenters. The fraction of sp³-hybridized carbons (Fsp3) is 1.00. The van der Waals surface area contributed by atoms with E-state index >= 15 is 0 Å². The number of hydrogen-bond donors (Lipinski definition) is 1. The second-order valence-corrected chi connectivity index (χ2v) is 6.76. The standard InChI is InChI=1S/C12H23NO2S/c13-12(11-5-6-15-7-11)9-16(14)8-10-3-1-2-4-10/h10-12H,1-9,13H2. The van der Waals surface area contributed by atoms with E-state index in [1.807, 2.05) is 0 Å². The van der Waals surface area contributed by atoms with Crippen LogP contribution in [0.4, 0.5) is 0 Å². The molecule has 1 aliphatic carbocycles. The van der Waals surface area contributed by atoms with Gasteiger partial charge < -0.3 is 10.5 Å². The van der Waals surface area contributed by atoms with Gasteiger partial charge in [0.25, 0.3) is 0 Å². The molecule has 0 radical (unpaired) electrons. The van der Waals surface area contributed by atoms with E-state index in [0.29, 0.717) is 17.6 Å². The molecule has 1 saturated heterocycles. The predicted molar refractivity (Wildman–Crippen MR) is 66.7 cm³/mol. The largest absolute Gasteiger partial charge is 0.381 e. The van der Waals surface area contributed by atoms with Crippen molar-refractivity contribution in [1.82, 2.24) is 0 Å². The molecule has 94 valence electrons. The van der Waals surface area contributed by atoms with Gasteiger partial charge in [0, 0.05) is 40.9 Å². The molecular formula is C12H23NO2S. The van der Waals surface area contributed by atoms with Crippen molar-refractivity contribution in [3.8, 4) is 0 Å². The van der Waals surface area contributed by atoms with Crippen LogP contribution in [0.5, 0.6) is 0 Å². The number of hydrogen-bond acceptors (Lipinski definition) is 3. The molecule has 3 nitrogen and oxygen atoms in total. The van der Waals surface area contributed by atoms with Crippen LogP contribution in [0.3, 0.4) is 0 Å². The van der Waals surface area contributed by atoms with E-state index < -0.39 is 10.8 Å². The molecule has 1 aliphatic heterocycles. The van der Waals surface area contributed by atoms with Crippen LogP contribution >= 0.6 is 0 Å². The first-order valence-electron chi connectivity index (χ1n) is 6.44. The lowest BCUT2D eigenvalue weighted by atomic mass is 10.0. The van der Waals surface area contributed by atoms with E-state index in [2.05, 4.69) is 0 Å². The van der Waals surface area contributed by atoms with Gasteiger partial charge in [0.1, 0.15) is 0 Å². The van der Waals surface area contributed by atoms with Crippen molar-refractivity contribution in [3.63, 3.8) is 0 Å². The number of ether oxygens (including phenoxy) is 1.